The van der Waals surface area contributed by atoms with Gasteiger partial charge in [-0.3, -0.25) is 0 Å². The summed E-state index contributed by atoms with van der Waals surface area (Å²) in [4.78, 5) is 9.77. The van der Waals surface area contributed by atoms with Gasteiger partial charge in [0.2, 0.25) is 10.0 Å². The largest absolute Gasteiger partial charge is 0.368 e. The molecule has 8 nitrogen and oxygen atoms in total. The average Bonchev–Trinajstić information content (AvgIpc) is 3.61. The van der Waals surface area contributed by atoms with Crippen LogP contribution in [0.5, 0.6) is 0 Å². The smallest absolute Gasteiger partial charge is 0.240 e. The molecule has 1 aliphatic rings. The zero-order valence-corrected chi connectivity index (χ0v) is 19.6. The lowest BCUT2D eigenvalue weighted by Crippen LogP contribution is -2.29. The first-order valence-electron chi connectivity index (χ1n) is 10.7. The van der Waals surface area contributed by atoms with Crippen molar-refractivity contribution in [2.75, 3.05) is 18.4 Å². The van der Waals surface area contributed by atoms with Gasteiger partial charge in [0.1, 0.15) is 11.6 Å². The molecule has 33 heavy (non-hydrogen) atoms. The van der Waals surface area contributed by atoms with E-state index in [4.69, 9.17) is 26.7 Å². The van der Waals surface area contributed by atoms with Crippen LogP contribution in [0.15, 0.2) is 59.5 Å². The van der Waals surface area contributed by atoms with E-state index in [1.807, 2.05) is 41.9 Å². The molecule has 2 N–H and O–H groups in total. The van der Waals surface area contributed by atoms with Crippen LogP contribution in [-0.4, -0.2) is 41.3 Å². The number of nitrogens with one attached hydrogen (secondary N) is 2. The average molecular weight is 483 g/mol. The van der Waals surface area contributed by atoms with Crippen molar-refractivity contribution in [2.24, 2.45) is 0 Å². The van der Waals surface area contributed by atoms with Crippen molar-refractivity contribution < 1.29 is 8.42 Å². The predicted molar refractivity (Wildman–Crippen MR) is 129 cm³/mol. The summed E-state index contributed by atoms with van der Waals surface area (Å²) in [5, 5.41) is 9.33. The number of para-hydroxylation sites is 1. The van der Waals surface area contributed by atoms with Crippen LogP contribution in [-0.2, 0) is 10.0 Å². The molecule has 0 bridgehead atoms. The molecule has 0 spiro atoms. The van der Waals surface area contributed by atoms with Gasteiger partial charge >= 0.3 is 0 Å². The molecule has 5 rings (SSSR count). The van der Waals surface area contributed by atoms with Crippen LogP contribution >= 0.6 is 11.6 Å². The Morgan fingerprint density at radius 2 is 1.76 bits per heavy atom. The minimum absolute atomic E-state index is 0.173. The highest BCUT2D eigenvalue weighted by atomic mass is 35.5. The van der Waals surface area contributed by atoms with Crippen LogP contribution in [0.2, 0.25) is 5.02 Å². The second-order valence-electron chi connectivity index (χ2n) is 8.01. The van der Waals surface area contributed by atoms with Gasteiger partial charge in [-0.1, -0.05) is 29.8 Å². The summed E-state index contributed by atoms with van der Waals surface area (Å²) in [7, 11) is -3.62. The van der Waals surface area contributed by atoms with Crippen LogP contribution in [0.4, 0.5) is 5.82 Å². The number of fused-ring (bicyclic) bond motifs is 1. The minimum atomic E-state index is -3.62. The van der Waals surface area contributed by atoms with Crippen molar-refractivity contribution in [3.05, 3.63) is 71.1 Å². The molecule has 0 unspecified atom stereocenters. The third-order valence-corrected chi connectivity index (χ3v) is 7.23. The molecular formula is C23H23ClN6O2S. The lowest BCUT2D eigenvalue weighted by molar-refractivity contribution is 0.583. The van der Waals surface area contributed by atoms with E-state index in [2.05, 4.69) is 10.0 Å². The van der Waals surface area contributed by atoms with Crippen molar-refractivity contribution >= 4 is 38.5 Å². The number of aromatic nitrogens is 4. The zero-order valence-electron chi connectivity index (χ0n) is 18.0. The lowest BCUT2D eigenvalue weighted by atomic mass is 10.2. The molecule has 0 radical (unpaired) electrons. The van der Waals surface area contributed by atoms with Gasteiger partial charge in [-0.25, -0.2) is 27.8 Å². The first-order valence-corrected chi connectivity index (χ1v) is 12.6. The quantitative estimate of drug-likeness (QED) is 0.367. The van der Waals surface area contributed by atoms with Gasteiger partial charge in [0.05, 0.1) is 21.7 Å². The Hall–Kier alpha value is -3.01. The number of benzene rings is 2. The van der Waals surface area contributed by atoms with Gasteiger partial charge < -0.3 is 5.32 Å². The van der Waals surface area contributed by atoms with Crippen LogP contribution in [0.25, 0.3) is 16.7 Å². The van der Waals surface area contributed by atoms with Gasteiger partial charge in [0.25, 0.3) is 0 Å². The Morgan fingerprint density at radius 3 is 2.45 bits per heavy atom. The summed E-state index contributed by atoms with van der Waals surface area (Å²) in [6.07, 6.45) is 2.15. The normalized spacial score (nSPS) is 14.0. The topological polar surface area (TPSA) is 102 Å². The third kappa shape index (κ3) is 4.57. The first kappa shape index (κ1) is 21.8. The van der Waals surface area contributed by atoms with Crippen LogP contribution < -0.4 is 10.0 Å². The maximum absolute atomic E-state index is 12.5. The molecule has 1 fully saturated rings. The monoisotopic (exact) mass is 482 g/mol. The number of aryl methyl sites for hydroxylation is 1. The molecule has 0 atom stereocenters. The Bertz CT molecular complexity index is 1400. The molecular weight excluding hydrogens is 460 g/mol. The van der Waals surface area contributed by atoms with Gasteiger partial charge in [-0.15, -0.1) is 0 Å². The number of rotatable bonds is 8. The molecule has 1 saturated carbocycles. The highest BCUT2D eigenvalue weighted by Crippen LogP contribution is 2.40. The molecule has 4 aromatic rings. The van der Waals surface area contributed by atoms with E-state index in [1.54, 1.807) is 12.1 Å². The fourth-order valence-electron chi connectivity index (χ4n) is 3.66. The predicted octanol–water partition coefficient (Wildman–Crippen LogP) is 4.05. The summed E-state index contributed by atoms with van der Waals surface area (Å²) in [6, 6.07) is 15.9. The Morgan fingerprint density at radius 1 is 1.03 bits per heavy atom. The van der Waals surface area contributed by atoms with Crippen LogP contribution in [0.1, 0.15) is 30.3 Å². The van der Waals surface area contributed by atoms with Crippen LogP contribution in [0, 0.1) is 6.92 Å². The Labute approximate surface area is 197 Å². The second-order valence-corrected chi connectivity index (χ2v) is 10.2. The molecule has 2 heterocycles. The number of anilines is 1. The Balaban J connectivity index is 1.39. The number of hydrogen-bond donors (Lipinski definition) is 2. The van der Waals surface area contributed by atoms with Gasteiger partial charge in [0.15, 0.2) is 5.65 Å². The van der Waals surface area contributed by atoms with E-state index < -0.39 is 10.0 Å². The standard InChI is InChI=1S/C23H23ClN6O2S/c1-15-20-22(25-13-14-26-33(31,32)19-11-9-17(24)10-12-19)27-21(16-7-8-16)28-23(20)30(29-15)18-5-3-2-4-6-18/h2-6,9-12,16,26H,7-8,13-14H2,1H3,(H,25,27,28). The van der Waals surface area contributed by atoms with E-state index in [0.717, 1.165) is 41.1 Å². The summed E-state index contributed by atoms with van der Waals surface area (Å²) in [5.74, 6) is 1.83. The molecule has 170 valence electrons. The molecule has 0 saturated heterocycles. The minimum Gasteiger partial charge on any atom is -0.368 e. The third-order valence-electron chi connectivity index (χ3n) is 5.50. The highest BCUT2D eigenvalue weighted by molar-refractivity contribution is 7.89. The summed E-state index contributed by atoms with van der Waals surface area (Å²) >= 11 is 5.85. The highest BCUT2D eigenvalue weighted by Gasteiger charge is 2.29. The second kappa shape index (κ2) is 8.74. The van der Waals surface area contributed by atoms with Crippen molar-refractivity contribution in [3.63, 3.8) is 0 Å². The van der Waals surface area contributed by atoms with E-state index in [9.17, 15) is 8.42 Å². The summed E-state index contributed by atoms with van der Waals surface area (Å²) < 4.78 is 29.5. The molecule has 2 aromatic carbocycles. The van der Waals surface area contributed by atoms with Crippen molar-refractivity contribution in [3.8, 4) is 5.69 Å². The zero-order chi connectivity index (χ0) is 23.0. The number of sulfonamides is 1. The summed E-state index contributed by atoms with van der Waals surface area (Å²) in [5.41, 5.74) is 2.48. The lowest BCUT2D eigenvalue weighted by Gasteiger charge is -2.11. The van der Waals surface area contributed by atoms with E-state index in [0.29, 0.717) is 23.3 Å². The molecule has 0 aliphatic heterocycles. The first-order chi connectivity index (χ1) is 15.9. The number of hydrogen-bond acceptors (Lipinski definition) is 6. The molecule has 10 heteroatoms. The van der Waals surface area contributed by atoms with E-state index in [1.165, 1.54) is 12.1 Å². The molecule has 2 aromatic heterocycles. The van der Waals surface area contributed by atoms with Crippen LogP contribution in [0.3, 0.4) is 0 Å². The maximum atomic E-state index is 12.5. The molecule has 0 amide bonds. The number of nitrogens with zero attached hydrogens (tertiary/aromatic N) is 4. The van der Waals surface area contributed by atoms with Crippen molar-refractivity contribution in [1.82, 2.24) is 24.5 Å². The maximum Gasteiger partial charge on any atom is 0.240 e. The van der Waals surface area contributed by atoms with Crippen molar-refractivity contribution in [2.45, 2.75) is 30.6 Å². The van der Waals surface area contributed by atoms with E-state index >= 15 is 0 Å². The van der Waals surface area contributed by atoms with E-state index in [-0.39, 0.29) is 11.4 Å². The molecule has 1 aliphatic carbocycles. The fourth-order valence-corrected chi connectivity index (χ4v) is 4.82. The Kier molecular flexibility index (Phi) is 5.77. The van der Waals surface area contributed by atoms with Gasteiger partial charge in [0, 0.05) is 24.0 Å². The van der Waals surface area contributed by atoms with Gasteiger partial charge in [-0.2, -0.15) is 5.10 Å². The van der Waals surface area contributed by atoms with Gasteiger partial charge in [-0.05, 0) is 56.2 Å². The SMILES string of the molecule is Cc1nn(-c2ccccc2)c2nc(C3CC3)nc(NCCNS(=O)(=O)c3ccc(Cl)cc3)c12. The number of halogens is 1. The fraction of sp³-hybridized carbons (Fsp3) is 0.261. The summed E-state index contributed by atoms with van der Waals surface area (Å²) in [6.45, 7) is 2.48. The van der Waals surface area contributed by atoms with Crippen molar-refractivity contribution in [1.29, 1.82) is 0 Å².